The van der Waals surface area contributed by atoms with Crippen LogP contribution in [-0.4, -0.2) is 51.0 Å². The topological polar surface area (TPSA) is 103 Å². The lowest BCUT2D eigenvalue weighted by Gasteiger charge is -1.99. The van der Waals surface area contributed by atoms with E-state index in [9.17, 15) is 5.11 Å². The molecule has 7 nitrogen and oxygen atoms in total. The van der Waals surface area contributed by atoms with E-state index in [2.05, 4.69) is 27.7 Å². The van der Waals surface area contributed by atoms with Gasteiger partial charge in [0, 0.05) is 27.6 Å². The lowest BCUT2D eigenvalue weighted by molar-refractivity contribution is 0.423. The van der Waals surface area contributed by atoms with Crippen LogP contribution >= 0.6 is 0 Å². The zero-order valence-electron chi connectivity index (χ0n) is 21.0. The summed E-state index contributed by atoms with van der Waals surface area (Å²) in [6, 6.07) is 21.5. The minimum absolute atomic E-state index is 0.247. The maximum absolute atomic E-state index is 9.68. The van der Waals surface area contributed by atoms with E-state index in [0.29, 0.717) is 6.10 Å². The fraction of sp³-hybridized carbons (Fsp3) is 0.161. The van der Waals surface area contributed by atoms with Crippen molar-refractivity contribution in [3.63, 3.8) is 0 Å². The monoisotopic (exact) mass is 504 g/mol. The van der Waals surface area contributed by atoms with Crippen molar-refractivity contribution in [1.29, 1.82) is 0 Å². The molecule has 0 aliphatic carbocycles. The smallest absolute Gasteiger partial charge is 0.115 e. The van der Waals surface area contributed by atoms with Crippen molar-refractivity contribution in [1.82, 2.24) is 19.9 Å². The van der Waals surface area contributed by atoms with Crippen molar-refractivity contribution in [2.24, 2.45) is 0 Å². The molecule has 38 heavy (non-hydrogen) atoms. The number of nitrogens with one attached hydrogen (secondary N) is 2. The zero-order valence-corrected chi connectivity index (χ0v) is 21.0. The summed E-state index contributed by atoms with van der Waals surface area (Å²) in [5.74, 6) is 0.247. The number of nitrogens with zero attached hydrogens (tertiary/aromatic N) is 2. The Morgan fingerprint density at radius 2 is 1.21 bits per heavy atom. The summed E-state index contributed by atoms with van der Waals surface area (Å²) in [4.78, 5) is 16.3. The number of benzene rings is 1. The predicted octanol–water partition coefficient (Wildman–Crippen LogP) is 6.45. The molecule has 7 heterocycles. The number of fused-ring (bicyclic) bond motifs is 8. The van der Waals surface area contributed by atoms with Crippen LogP contribution in [0.3, 0.4) is 0 Å². The molecular weight excluding hydrogens is 476 g/mol. The molecule has 4 aromatic rings. The number of aromatic nitrogens is 4. The lowest BCUT2D eigenvalue weighted by Crippen LogP contribution is -1.77. The molecule has 8 rings (SSSR count). The van der Waals surface area contributed by atoms with Crippen LogP contribution in [0.5, 0.6) is 5.75 Å². The Morgan fingerprint density at radius 1 is 0.711 bits per heavy atom. The number of phenols is 1. The molecule has 4 aliphatic rings. The van der Waals surface area contributed by atoms with E-state index in [1.165, 1.54) is 0 Å². The molecule has 1 atom stereocenters. The van der Waals surface area contributed by atoms with Gasteiger partial charge in [-0.15, -0.1) is 0 Å². The summed E-state index contributed by atoms with van der Waals surface area (Å²) in [5, 5.41) is 9.68. The number of aromatic hydroxyl groups is 1. The Labute approximate surface area is 220 Å². The third kappa shape index (κ3) is 6.26. The highest BCUT2D eigenvalue weighted by Crippen LogP contribution is 2.29. The molecule has 0 radical (unpaired) electrons. The first-order valence-electron chi connectivity index (χ1n) is 12.6. The van der Waals surface area contributed by atoms with Gasteiger partial charge in [-0.25, -0.2) is 9.97 Å². The zero-order chi connectivity index (χ0) is 25.9. The van der Waals surface area contributed by atoms with E-state index in [4.69, 9.17) is 14.7 Å². The second kappa shape index (κ2) is 10.5. The normalized spacial score (nSPS) is 16.2. The molecule has 1 unspecified atom stereocenters. The first-order valence-corrected chi connectivity index (χ1v) is 12.6. The summed E-state index contributed by atoms with van der Waals surface area (Å²) < 4.78 is 9.21. The number of hydrogen-bond acceptors (Lipinski definition) is 5. The molecule has 3 aromatic heterocycles. The van der Waals surface area contributed by atoms with E-state index >= 15 is 0 Å². The number of ether oxygens (including phenoxy) is 2. The Hall–Kier alpha value is -4.46. The Bertz CT molecular complexity index is 1670. The quantitative estimate of drug-likeness (QED) is 0.223. The highest BCUT2D eigenvalue weighted by Gasteiger charge is 2.13. The predicted molar refractivity (Wildman–Crippen MR) is 152 cm³/mol. The minimum atomic E-state index is 0.247. The first kappa shape index (κ1) is 23.9. The van der Waals surface area contributed by atoms with Gasteiger partial charge in [-0.05, 0) is 91.4 Å². The second-order valence-corrected chi connectivity index (χ2v) is 9.39. The van der Waals surface area contributed by atoms with Gasteiger partial charge in [0.05, 0.1) is 48.7 Å². The molecule has 7 heteroatoms. The maximum Gasteiger partial charge on any atom is 0.115 e. The average molecular weight is 505 g/mol. The Kier molecular flexibility index (Phi) is 6.60. The molecule has 3 N–H and O–H groups in total. The SMILES string of the molecule is C1CO1.CC1CO1.Oc1ccc(-c2cc3cc4nc(cc5ccc(cc6nc(cc2[nH]3)C=C6)[nH]5)C=C4)cc1. The number of phenolic OH excluding ortho intramolecular Hbond substituents is 1. The summed E-state index contributed by atoms with van der Waals surface area (Å²) in [6.07, 6.45) is 8.62. The van der Waals surface area contributed by atoms with Crippen molar-refractivity contribution in [2.45, 2.75) is 13.0 Å². The fourth-order valence-corrected chi connectivity index (χ4v) is 3.99. The van der Waals surface area contributed by atoms with Crippen LogP contribution in [0.1, 0.15) is 29.7 Å². The van der Waals surface area contributed by atoms with E-state index in [1.54, 1.807) is 12.1 Å². The second-order valence-electron chi connectivity index (χ2n) is 9.39. The highest BCUT2D eigenvalue weighted by molar-refractivity contribution is 5.88. The third-order valence-corrected chi connectivity index (χ3v) is 6.05. The standard InChI is InChI=1S/C26H18N4O.C3H6O.C2H4O/c31-24-9-1-16(2-10-24)25-14-23-13-21-6-5-19(28-21)11-17-3-4-18(27-17)12-20-7-8-22(29-20)15-26(25)30-23;1-3-2-4-3;1-2-3-1/h1-15,27,30-31H;3H,2H2,1H3;1-2H2. The molecule has 1 aromatic carbocycles. The molecule has 0 saturated carbocycles. The molecule has 190 valence electrons. The maximum atomic E-state index is 9.68. The van der Waals surface area contributed by atoms with Crippen LogP contribution in [0.25, 0.3) is 57.5 Å². The Morgan fingerprint density at radius 3 is 1.71 bits per heavy atom. The van der Waals surface area contributed by atoms with Crippen molar-refractivity contribution in [3.8, 4) is 16.9 Å². The highest BCUT2D eigenvalue weighted by atomic mass is 16.6. The van der Waals surface area contributed by atoms with Crippen molar-refractivity contribution < 1.29 is 14.6 Å². The van der Waals surface area contributed by atoms with Crippen LogP contribution in [0.2, 0.25) is 0 Å². The van der Waals surface area contributed by atoms with Gasteiger partial charge in [-0.2, -0.15) is 0 Å². The Balaban J connectivity index is 0.000000328. The van der Waals surface area contributed by atoms with E-state index in [-0.39, 0.29) is 5.75 Å². The van der Waals surface area contributed by atoms with E-state index < -0.39 is 0 Å². The van der Waals surface area contributed by atoms with Crippen LogP contribution in [0.4, 0.5) is 0 Å². The summed E-state index contributed by atoms with van der Waals surface area (Å²) in [5.41, 5.74) is 9.50. The van der Waals surface area contributed by atoms with Crippen LogP contribution in [-0.2, 0) is 9.47 Å². The largest absolute Gasteiger partial charge is 0.508 e. The van der Waals surface area contributed by atoms with Gasteiger partial charge < -0.3 is 24.5 Å². The minimum Gasteiger partial charge on any atom is -0.508 e. The van der Waals surface area contributed by atoms with Crippen molar-refractivity contribution >= 4 is 46.4 Å². The summed E-state index contributed by atoms with van der Waals surface area (Å²) >= 11 is 0. The van der Waals surface area contributed by atoms with Gasteiger partial charge >= 0.3 is 0 Å². The van der Waals surface area contributed by atoms with E-state index in [0.717, 1.165) is 75.8 Å². The molecule has 0 amide bonds. The van der Waals surface area contributed by atoms with Crippen LogP contribution < -0.4 is 0 Å². The van der Waals surface area contributed by atoms with Gasteiger partial charge in [0.25, 0.3) is 0 Å². The third-order valence-electron chi connectivity index (χ3n) is 6.05. The van der Waals surface area contributed by atoms with E-state index in [1.807, 2.05) is 72.8 Å². The van der Waals surface area contributed by atoms with Crippen LogP contribution in [0, 0.1) is 0 Å². The fourth-order valence-electron chi connectivity index (χ4n) is 3.99. The molecule has 8 bridgehead atoms. The molecule has 2 fully saturated rings. The van der Waals surface area contributed by atoms with Gasteiger partial charge in [-0.1, -0.05) is 12.1 Å². The number of epoxide rings is 2. The van der Waals surface area contributed by atoms with Crippen molar-refractivity contribution in [2.75, 3.05) is 19.8 Å². The molecule has 0 spiro atoms. The number of hydrogen-bond donors (Lipinski definition) is 3. The molecule has 4 aliphatic heterocycles. The van der Waals surface area contributed by atoms with Crippen molar-refractivity contribution in [3.05, 3.63) is 89.5 Å². The first-order chi connectivity index (χ1) is 18.6. The summed E-state index contributed by atoms with van der Waals surface area (Å²) in [6.45, 7) is 5.04. The van der Waals surface area contributed by atoms with Gasteiger partial charge in [0.2, 0.25) is 0 Å². The van der Waals surface area contributed by atoms with Crippen LogP contribution in [0.15, 0.2) is 66.7 Å². The van der Waals surface area contributed by atoms with Gasteiger partial charge in [0.15, 0.2) is 0 Å². The number of aromatic amines is 2. The molecule has 2 saturated heterocycles. The molecular formula is C31H28N4O3. The summed E-state index contributed by atoms with van der Waals surface area (Å²) in [7, 11) is 0. The van der Waals surface area contributed by atoms with Gasteiger partial charge in [-0.3, -0.25) is 0 Å². The number of rotatable bonds is 1. The number of H-pyrrole nitrogens is 2. The lowest BCUT2D eigenvalue weighted by atomic mass is 10.1. The van der Waals surface area contributed by atoms with Gasteiger partial charge in [0.1, 0.15) is 5.75 Å². The average Bonchev–Trinajstić information content (AvgIpc) is 3.76.